The Kier molecular flexibility index (Phi) is 7.54. The van der Waals surface area contributed by atoms with E-state index in [0.717, 1.165) is 26.1 Å². The van der Waals surface area contributed by atoms with E-state index in [2.05, 4.69) is 0 Å². The largest absolute Gasteiger partial charge is 0.504 e. The quantitative estimate of drug-likeness (QED) is 0.176. The molecule has 8 rings (SSSR count). The van der Waals surface area contributed by atoms with Crippen LogP contribution in [0.3, 0.4) is 0 Å². The van der Waals surface area contributed by atoms with Crippen LogP contribution in [-0.4, -0.2) is 57.1 Å². The molecule has 4 aliphatic rings. The van der Waals surface area contributed by atoms with Crippen LogP contribution >= 0.6 is 22.9 Å². The van der Waals surface area contributed by atoms with Crippen molar-refractivity contribution in [1.29, 1.82) is 0 Å². The van der Waals surface area contributed by atoms with E-state index in [4.69, 9.17) is 21.4 Å². The Hall–Kier alpha value is -4.48. The highest BCUT2D eigenvalue weighted by Gasteiger charge is 2.68. The van der Waals surface area contributed by atoms with Crippen molar-refractivity contribution in [1.82, 2.24) is 14.7 Å². The van der Waals surface area contributed by atoms with Gasteiger partial charge in [-0.1, -0.05) is 36.2 Å². The number of aryl methyl sites for hydroxylation is 2. The Morgan fingerprint density at radius 2 is 1.84 bits per heavy atom. The van der Waals surface area contributed by atoms with Crippen LogP contribution in [0.4, 0.5) is 5.82 Å². The maximum absolute atomic E-state index is 15.0. The molecule has 258 valence electrons. The molecule has 50 heavy (non-hydrogen) atoms. The predicted octanol–water partition coefficient (Wildman–Crippen LogP) is 6.62. The van der Waals surface area contributed by atoms with Crippen molar-refractivity contribution in [2.75, 3.05) is 18.6 Å². The summed E-state index contributed by atoms with van der Waals surface area (Å²) in [4.78, 5) is 60.6. The summed E-state index contributed by atoms with van der Waals surface area (Å²) >= 11 is 7.87. The number of fused-ring (bicyclic) bond motifs is 5. The summed E-state index contributed by atoms with van der Waals surface area (Å²) in [5.41, 5.74) is 1.90. The van der Waals surface area contributed by atoms with E-state index >= 15 is 0 Å². The topological polar surface area (TPSA) is 122 Å². The van der Waals surface area contributed by atoms with Gasteiger partial charge in [-0.05, 0) is 85.9 Å². The summed E-state index contributed by atoms with van der Waals surface area (Å²) in [6, 6.07) is 12.6. The monoisotopic (exact) mass is 712 g/mol. The van der Waals surface area contributed by atoms with Crippen LogP contribution in [0.15, 0.2) is 54.1 Å². The molecule has 6 atom stereocenters. The van der Waals surface area contributed by atoms with Gasteiger partial charge >= 0.3 is 0 Å². The lowest BCUT2D eigenvalue weighted by molar-refractivity contribution is -0.140. The number of hydrogen-bond donors (Lipinski definition) is 1. The van der Waals surface area contributed by atoms with Crippen molar-refractivity contribution in [3.05, 3.63) is 70.3 Å². The first kappa shape index (κ1) is 32.7. The first-order valence-electron chi connectivity index (χ1n) is 16.9. The molecule has 12 heteroatoms. The van der Waals surface area contributed by atoms with E-state index in [-0.39, 0.29) is 41.5 Å². The van der Waals surface area contributed by atoms with Crippen LogP contribution < -0.4 is 9.64 Å². The second-order valence-corrected chi connectivity index (χ2v) is 15.6. The predicted molar refractivity (Wildman–Crippen MR) is 190 cm³/mol. The highest BCUT2D eigenvalue weighted by Crippen LogP contribution is 2.64. The number of thiophene rings is 1. The van der Waals surface area contributed by atoms with E-state index in [1.54, 1.807) is 41.3 Å². The van der Waals surface area contributed by atoms with E-state index in [9.17, 15) is 24.3 Å². The molecule has 0 radical (unpaired) electrons. The third-order valence-electron chi connectivity index (χ3n) is 11.6. The summed E-state index contributed by atoms with van der Waals surface area (Å²) in [6.07, 6.45) is 3.29. The Morgan fingerprint density at radius 3 is 2.56 bits per heavy atom. The third-order valence-corrected chi connectivity index (χ3v) is 13.1. The van der Waals surface area contributed by atoms with Crippen molar-refractivity contribution in [2.24, 2.45) is 36.1 Å². The zero-order valence-corrected chi connectivity index (χ0v) is 30.0. The second kappa shape index (κ2) is 11.5. The van der Waals surface area contributed by atoms with Crippen molar-refractivity contribution in [2.45, 2.75) is 46.0 Å². The number of carbonyl (C=O) groups excluding carboxylic acids is 4. The number of hydrogen-bond acceptors (Lipinski definition) is 8. The molecular formula is C38H37ClN4O6S. The third kappa shape index (κ3) is 4.41. The minimum atomic E-state index is -1.25. The molecule has 4 heterocycles. The number of benzene rings is 2. The number of methoxy groups -OCH3 is 1. The van der Waals surface area contributed by atoms with E-state index in [1.807, 2.05) is 51.1 Å². The fraction of sp³-hybridized carbons (Fsp3) is 0.395. The van der Waals surface area contributed by atoms with E-state index in [1.165, 1.54) is 16.9 Å². The van der Waals surface area contributed by atoms with Gasteiger partial charge in [0.2, 0.25) is 23.6 Å². The first-order chi connectivity index (χ1) is 23.9. The highest BCUT2D eigenvalue weighted by molar-refractivity contribution is 7.22. The molecule has 4 aromatic rings. The molecule has 0 bridgehead atoms. The molecule has 3 fully saturated rings. The number of carbonyl (C=O) groups is 4. The molecule has 0 spiro atoms. The van der Waals surface area contributed by atoms with Crippen LogP contribution in [0.5, 0.6) is 11.5 Å². The number of allylic oxidation sites excluding steroid dienone is 2. The fourth-order valence-corrected chi connectivity index (χ4v) is 10.5. The van der Waals surface area contributed by atoms with Gasteiger partial charge in [0.25, 0.3) is 0 Å². The second-order valence-electron chi connectivity index (χ2n) is 14.1. The Morgan fingerprint density at radius 1 is 1.06 bits per heavy atom. The van der Waals surface area contributed by atoms with Gasteiger partial charge in [-0.2, -0.15) is 5.10 Å². The number of aromatic nitrogens is 2. The minimum Gasteiger partial charge on any atom is -0.504 e. The van der Waals surface area contributed by atoms with Gasteiger partial charge in [-0.25, -0.2) is 4.90 Å². The average molecular weight is 713 g/mol. The average Bonchev–Trinajstić information content (AvgIpc) is 3.75. The molecule has 6 unspecified atom stereocenters. The summed E-state index contributed by atoms with van der Waals surface area (Å²) in [6.45, 7) is 6.12. The number of nitrogens with zero attached hydrogens (tertiary/aromatic N) is 4. The Balaban J connectivity index is 1.25. The molecule has 2 aliphatic carbocycles. The summed E-state index contributed by atoms with van der Waals surface area (Å²) in [5, 5.41) is 17.4. The first-order valence-corrected chi connectivity index (χ1v) is 18.1. The number of phenolic OH excluding ortho intramolecular Hbond substituents is 1. The van der Waals surface area contributed by atoms with Gasteiger partial charge in [-0.15, -0.1) is 11.3 Å². The number of halogens is 1. The number of ether oxygens (including phenoxy) is 1. The Bertz CT molecular complexity index is 2190. The highest BCUT2D eigenvalue weighted by atomic mass is 35.5. The smallest absolute Gasteiger partial charge is 0.242 e. The zero-order valence-electron chi connectivity index (χ0n) is 28.4. The van der Waals surface area contributed by atoms with Crippen LogP contribution in [0.2, 0.25) is 5.02 Å². The summed E-state index contributed by atoms with van der Waals surface area (Å²) in [7, 11) is 3.19. The molecule has 2 aromatic carbocycles. The van der Waals surface area contributed by atoms with Crippen molar-refractivity contribution < 1.29 is 29.0 Å². The molecule has 2 aromatic heterocycles. The SMILES string of the molecule is CCCN1C(=O)C2CC=C3C(CC4C(=O)N(c5cc(-c6sc7ccc(Cl)cc7c6C)nn5C)C(=O)C4(C)C3c3ccc(OC)c(O)c3)C2C1=O. The number of imide groups is 2. The molecule has 2 saturated heterocycles. The maximum atomic E-state index is 15.0. The number of rotatable bonds is 6. The number of anilines is 1. The van der Waals surface area contributed by atoms with Crippen LogP contribution in [0, 0.1) is 36.0 Å². The molecule has 10 nitrogen and oxygen atoms in total. The summed E-state index contributed by atoms with van der Waals surface area (Å²) < 4.78 is 7.95. The van der Waals surface area contributed by atoms with E-state index < -0.39 is 35.0 Å². The normalized spacial score (nSPS) is 27.6. The van der Waals surface area contributed by atoms with E-state index in [0.29, 0.717) is 41.5 Å². The number of aromatic hydroxyl groups is 1. The molecule has 4 amide bonds. The maximum Gasteiger partial charge on any atom is 0.242 e. The van der Waals surface area contributed by atoms with Gasteiger partial charge in [0.05, 0.1) is 35.2 Å². The number of likely N-dealkylation sites (tertiary alicyclic amines) is 1. The Labute approximate surface area is 298 Å². The molecule has 1 saturated carbocycles. The van der Waals surface area contributed by atoms with Crippen LogP contribution in [-0.2, 0) is 26.2 Å². The lowest BCUT2D eigenvalue weighted by Gasteiger charge is -2.49. The van der Waals surface area contributed by atoms with Crippen molar-refractivity contribution in [3.63, 3.8) is 0 Å². The number of phenols is 1. The minimum absolute atomic E-state index is 0.0901. The fourth-order valence-electron chi connectivity index (χ4n) is 9.22. The van der Waals surface area contributed by atoms with Gasteiger partial charge in [0.1, 0.15) is 11.5 Å². The number of amides is 4. The van der Waals surface area contributed by atoms with Crippen LogP contribution in [0.25, 0.3) is 20.7 Å². The van der Waals surface area contributed by atoms with Gasteiger partial charge in [0.15, 0.2) is 11.5 Å². The van der Waals surface area contributed by atoms with Gasteiger partial charge < -0.3 is 9.84 Å². The molecular weight excluding hydrogens is 676 g/mol. The van der Waals surface area contributed by atoms with Gasteiger partial charge in [-0.3, -0.25) is 28.8 Å². The summed E-state index contributed by atoms with van der Waals surface area (Å²) in [5.74, 6) is -3.53. The lowest BCUT2D eigenvalue weighted by atomic mass is 9.51. The van der Waals surface area contributed by atoms with Crippen molar-refractivity contribution >= 4 is 62.5 Å². The zero-order chi connectivity index (χ0) is 35.4. The van der Waals surface area contributed by atoms with Crippen molar-refractivity contribution in [3.8, 4) is 22.1 Å². The molecule has 2 aliphatic heterocycles. The standard InChI is InChI=1S/C38H37ClN4O6S/c1-6-13-42-34(45)22-10-9-21-24(31(22)36(42)47)16-25-35(46)43(37(48)38(25,3)32(21)19-7-11-28(49-5)27(44)14-19)30-17-26(40-41(30)4)33-18(2)23-15-20(39)8-12-29(23)50-33/h7-9,11-12,14-15,17,22,24-25,31-32,44H,6,10,13,16H2,1-5H3. The lowest BCUT2D eigenvalue weighted by Crippen LogP contribution is -2.48. The van der Waals surface area contributed by atoms with Gasteiger partial charge in [0, 0.05) is 35.3 Å². The van der Waals surface area contributed by atoms with Crippen LogP contribution in [0.1, 0.15) is 50.2 Å². The molecule has 1 N–H and O–H groups in total.